The number of hydrogen-bond donors (Lipinski definition) is 3. The third-order valence-corrected chi connectivity index (χ3v) is 7.03. The van der Waals surface area contributed by atoms with E-state index in [0.29, 0.717) is 31.1 Å². The summed E-state index contributed by atoms with van der Waals surface area (Å²) in [6, 6.07) is 0. The molecule has 3 aliphatic carbocycles. The highest BCUT2D eigenvalue weighted by molar-refractivity contribution is 5.23. The fourth-order valence-corrected chi connectivity index (χ4v) is 5.64. The highest BCUT2D eigenvalue weighted by Crippen LogP contribution is 2.53. The second kappa shape index (κ2) is 9.82. The molecule has 0 heterocycles. The Morgan fingerprint density at radius 2 is 1.79 bits per heavy atom. The van der Waals surface area contributed by atoms with Crippen LogP contribution in [-0.4, -0.2) is 33.1 Å². The average Bonchev–Trinajstić information content (AvgIpc) is 3.00. The first kappa shape index (κ1) is 22.6. The first-order valence-corrected chi connectivity index (χ1v) is 11.6. The second-order valence-corrected chi connectivity index (χ2v) is 10.6. The summed E-state index contributed by atoms with van der Waals surface area (Å²) in [6.45, 7) is 3.62. The lowest BCUT2D eigenvalue weighted by atomic mass is 9.70. The maximum atomic E-state index is 9.88. The SMILES string of the molecule is CC(C)(O)CC#CCC[C@@H]1CC[C@@]2(CCC/C(=C\C=C3C[C@@H](O)C[C@H](O)C3)C2)C1. The molecule has 3 fully saturated rings. The first-order chi connectivity index (χ1) is 13.7. The van der Waals surface area contributed by atoms with Gasteiger partial charge in [0, 0.05) is 12.8 Å². The van der Waals surface area contributed by atoms with Gasteiger partial charge in [0.2, 0.25) is 0 Å². The average molecular weight is 401 g/mol. The molecule has 0 saturated heterocycles. The summed E-state index contributed by atoms with van der Waals surface area (Å²) in [5.74, 6) is 7.19. The number of rotatable bonds is 4. The van der Waals surface area contributed by atoms with E-state index in [9.17, 15) is 15.3 Å². The summed E-state index contributed by atoms with van der Waals surface area (Å²) >= 11 is 0. The summed E-state index contributed by atoms with van der Waals surface area (Å²) in [5.41, 5.74) is 2.57. The fourth-order valence-electron chi connectivity index (χ4n) is 5.64. The van der Waals surface area contributed by atoms with Gasteiger partial charge in [-0.25, -0.2) is 0 Å². The zero-order valence-corrected chi connectivity index (χ0v) is 18.4. The highest BCUT2D eigenvalue weighted by Gasteiger charge is 2.40. The number of hydrogen-bond acceptors (Lipinski definition) is 3. The Hall–Kier alpha value is -1.08. The Balaban J connectivity index is 1.50. The van der Waals surface area contributed by atoms with Crippen LogP contribution in [0.3, 0.4) is 0 Å². The Kier molecular flexibility index (Phi) is 7.65. The molecule has 0 bridgehead atoms. The lowest BCUT2D eigenvalue weighted by Crippen LogP contribution is -2.24. The van der Waals surface area contributed by atoms with E-state index in [0.717, 1.165) is 12.3 Å². The predicted octanol–water partition coefficient (Wildman–Crippen LogP) is 5.05. The van der Waals surface area contributed by atoms with Crippen LogP contribution in [0.4, 0.5) is 0 Å². The third-order valence-electron chi connectivity index (χ3n) is 7.03. The molecule has 3 aliphatic rings. The van der Waals surface area contributed by atoms with E-state index in [1.165, 1.54) is 56.9 Å². The normalized spacial score (nSPS) is 34.3. The second-order valence-electron chi connectivity index (χ2n) is 10.6. The minimum absolute atomic E-state index is 0.386. The van der Waals surface area contributed by atoms with Gasteiger partial charge < -0.3 is 15.3 Å². The number of aliphatic hydroxyl groups excluding tert-OH is 2. The molecule has 0 unspecified atom stereocenters. The van der Waals surface area contributed by atoms with Crippen molar-refractivity contribution >= 4 is 0 Å². The van der Waals surface area contributed by atoms with Gasteiger partial charge >= 0.3 is 0 Å². The molecule has 3 saturated carbocycles. The van der Waals surface area contributed by atoms with Gasteiger partial charge in [-0.3, -0.25) is 0 Å². The smallest absolute Gasteiger partial charge is 0.0700 e. The molecule has 3 heteroatoms. The first-order valence-electron chi connectivity index (χ1n) is 11.6. The van der Waals surface area contributed by atoms with Crippen molar-refractivity contribution in [3.8, 4) is 11.8 Å². The molecular formula is C26H40O3. The molecule has 29 heavy (non-hydrogen) atoms. The molecule has 0 radical (unpaired) electrons. The van der Waals surface area contributed by atoms with E-state index in [2.05, 4.69) is 24.0 Å². The quantitative estimate of drug-likeness (QED) is 0.579. The van der Waals surface area contributed by atoms with Crippen molar-refractivity contribution in [2.75, 3.05) is 0 Å². The Morgan fingerprint density at radius 1 is 1.07 bits per heavy atom. The number of aliphatic hydroxyl groups is 3. The largest absolute Gasteiger partial charge is 0.393 e. The van der Waals surface area contributed by atoms with E-state index in [1.54, 1.807) is 5.57 Å². The maximum Gasteiger partial charge on any atom is 0.0700 e. The van der Waals surface area contributed by atoms with Crippen LogP contribution in [0.5, 0.6) is 0 Å². The summed E-state index contributed by atoms with van der Waals surface area (Å²) in [7, 11) is 0. The van der Waals surface area contributed by atoms with Gasteiger partial charge in [0.05, 0.1) is 17.8 Å². The van der Waals surface area contributed by atoms with Crippen molar-refractivity contribution in [1.29, 1.82) is 0 Å². The molecule has 0 aromatic rings. The van der Waals surface area contributed by atoms with Gasteiger partial charge in [-0.2, -0.15) is 0 Å². The standard InChI is InChI=1S/C26H40O3/c1-25(2,29)12-5-3-4-7-21-11-14-26(19-21)13-6-8-20(18-26)9-10-22-15-23(27)17-24(28)16-22/h9-10,21,23-24,27-29H,4,6-8,11-19H2,1-2H3/b20-9+/t21-,23-,24-,26-/m1/s1. The number of allylic oxidation sites excluding steroid dienone is 3. The minimum Gasteiger partial charge on any atom is -0.393 e. The van der Waals surface area contributed by atoms with Gasteiger partial charge in [0.25, 0.3) is 0 Å². The molecule has 3 rings (SSSR count). The van der Waals surface area contributed by atoms with Crippen molar-refractivity contribution < 1.29 is 15.3 Å². The van der Waals surface area contributed by atoms with Crippen LogP contribution in [0.2, 0.25) is 0 Å². The van der Waals surface area contributed by atoms with Gasteiger partial charge in [-0.1, -0.05) is 23.3 Å². The van der Waals surface area contributed by atoms with Crippen LogP contribution < -0.4 is 0 Å². The lowest BCUT2D eigenvalue weighted by Gasteiger charge is -2.35. The lowest BCUT2D eigenvalue weighted by molar-refractivity contribution is 0.0609. The van der Waals surface area contributed by atoms with Gasteiger partial charge in [-0.05, 0) is 95.8 Å². The highest BCUT2D eigenvalue weighted by atomic mass is 16.3. The van der Waals surface area contributed by atoms with Crippen molar-refractivity contribution in [3.63, 3.8) is 0 Å². The monoisotopic (exact) mass is 400 g/mol. The van der Waals surface area contributed by atoms with E-state index in [4.69, 9.17) is 0 Å². The van der Waals surface area contributed by atoms with Crippen LogP contribution >= 0.6 is 0 Å². The Bertz CT molecular complexity index is 660. The van der Waals surface area contributed by atoms with Crippen LogP contribution in [0.1, 0.15) is 97.3 Å². The van der Waals surface area contributed by atoms with E-state index in [-0.39, 0.29) is 12.2 Å². The van der Waals surface area contributed by atoms with E-state index >= 15 is 0 Å². The van der Waals surface area contributed by atoms with Gasteiger partial charge in [-0.15, -0.1) is 11.8 Å². The van der Waals surface area contributed by atoms with Crippen molar-refractivity contribution in [2.45, 2.75) is 115 Å². The van der Waals surface area contributed by atoms with Gasteiger partial charge in [0.1, 0.15) is 0 Å². The molecule has 3 nitrogen and oxygen atoms in total. The zero-order valence-electron chi connectivity index (χ0n) is 18.4. The van der Waals surface area contributed by atoms with Gasteiger partial charge in [0.15, 0.2) is 0 Å². The molecule has 0 amide bonds. The van der Waals surface area contributed by atoms with E-state index < -0.39 is 5.60 Å². The molecule has 4 atom stereocenters. The van der Waals surface area contributed by atoms with Crippen LogP contribution in [0.15, 0.2) is 23.3 Å². The van der Waals surface area contributed by atoms with E-state index in [1.807, 2.05) is 13.8 Å². The van der Waals surface area contributed by atoms with Crippen LogP contribution in [-0.2, 0) is 0 Å². The molecule has 0 aromatic carbocycles. The predicted molar refractivity (Wildman–Crippen MR) is 118 cm³/mol. The van der Waals surface area contributed by atoms with Crippen molar-refractivity contribution in [3.05, 3.63) is 23.3 Å². The fraction of sp³-hybridized carbons (Fsp3) is 0.769. The molecular weight excluding hydrogens is 360 g/mol. The topological polar surface area (TPSA) is 60.7 Å². The minimum atomic E-state index is -0.682. The molecule has 162 valence electrons. The summed E-state index contributed by atoms with van der Waals surface area (Å²) < 4.78 is 0. The Morgan fingerprint density at radius 3 is 2.52 bits per heavy atom. The van der Waals surface area contributed by atoms with Crippen LogP contribution in [0, 0.1) is 23.2 Å². The van der Waals surface area contributed by atoms with Crippen LogP contribution in [0.25, 0.3) is 0 Å². The molecule has 0 aromatic heterocycles. The molecule has 3 N–H and O–H groups in total. The maximum absolute atomic E-state index is 9.88. The zero-order chi connectivity index (χ0) is 20.9. The summed E-state index contributed by atoms with van der Waals surface area (Å²) in [6.07, 6.45) is 17.4. The third kappa shape index (κ3) is 7.28. The van der Waals surface area contributed by atoms with Crippen molar-refractivity contribution in [1.82, 2.24) is 0 Å². The van der Waals surface area contributed by atoms with Crippen molar-refractivity contribution in [2.24, 2.45) is 11.3 Å². The summed E-state index contributed by atoms with van der Waals surface area (Å²) in [4.78, 5) is 0. The summed E-state index contributed by atoms with van der Waals surface area (Å²) in [5, 5.41) is 29.5. The molecule has 1 spiro atoms. The molecule has 0 aliphatic heterocycles. The Labute approximate surface area is 177 Å².